The highest BCUT2D eigenvalue weighted by atomic mass is 32.2. The molecule has 1 atom stereocenters. The van der Waals surface area contributed by atoms with Crippen LogP contribution >= 0.6 is 0 Å². The fourth-order valence-electron chi connectivity index (χ4n) is 0.346. The van der Waals surface area contributed by atoms with E-state index in [1.54, 1.807) is 0 Å². The van der Waals surface area contributed by atoms with Gasteiger partial charge in [-0.1, -0.05) is 0 Å². The van der Waals surface area contributed by atoms with Crippen molar-refractivity contribution in [2.45, 2.75) is 18.6 Å². The predicted molar refractivity (Wildman–Crippen MR) is 34.3 cm³/mol. The number of aliphatic hydroxyl groups excluding tert-OH is 1. The van der Waals surface area contributed by atoms with E-state index in [0.717, 1.165) is 0 Å². The summed E-state index contributed by atoms with van der Waals surface area (Å²) in [6.07, 6.45) is 0.207. The van der Waals surface area contributed by atoms with E-state index in [1.165, 1.54) is 6.92 Å². The van der Waals surface area contributed by atoms with Crippen LogP contribution in [0.2, 0.25) is 0 Å². The van der Waals surface area contributed by atoms with Crippen molar-refractivity contribution >= 4 is 10.0 Å². The zero-order valence-electron chi connectivity index (χ0n) is 5.24. The van der Waals surface area contributed by atoms with Gasteiger partial charge in [-0.05, 0) is 13.3 Å². The lowest BCUT2D eigenvalue weighted by atomic mass is 10.4. The highest BCUT2D eigenvalue weighted by Gasteiger charge is 2.13. The first-order valence-corrected chi connectivity index (χ1v) is 4.22. The third kappa shape index (κ3) is 3.45. The minimum absolute atomic E-state index is 0.141. The number of primary sulfonamides is 1. The maximum atomic E-state index is 10.4. The fraction of sp³-hybridized carbons (Fsp3) is 1.00. The molecular weight excluding hydrogens is 142 g/mol. The molecule has 0 heterocycles. The lowest BCUT2D eigenvalue weighted by Gasteiger charge is -2.04. The molecule has 5 heteroatoms. The number of hydrogen-bond acceptors (Lipinski definition) is 3. The SMILES string of the molecule is C[C@@H](CCO)S(N)(=O)=O. The molecule has 0 radical (unpaired) electrons. The van der Waals surface area contributed by atoms with Crippen LogP contribution in [0.15, 0.2) is 0 Å². The summed E-state index contributed by atoms with van der Waals surface area (Å²) in [6, 6.07) is 0. The Hall–Kier alpha value is -0.130. The third-order valence-corrected chi connectivity index (χ3v) is 2.45. The van der Waals surface area contributed by atoms with E-state index >= 15 is 0 Å². The summed E-state index contributed by atoms with van der Waals surface area (Å²) in [7, 11) is -3.42. The molecule has 0 bridgehead atoms. The van der Waals surface area contributed by atoms with Crippen molar-refractivity contribution in [2.24, 2.45) is 5.14 Å². The number of sulfonamides is 1. The summed E-state index contributed by atoms with van der Waals surface area (Å²) in [5.74, 6) is 0. The van der Waals surface area contributed by atoms with Crippen LogP contribution in [-0.4, -0.2) is 25.4 Å². The molecule has 0 saturated carbocycles. The minimum atomic E-state index is -3.42. The summed E-state index contributed by atoms with van der Waals surface area (Å²) >= 11 is 0. The first-order valence-electron chi connectivity index (χ1n) is 2.61. The molecule has 0 rings (SSSR count). The van der Waals surface area contributed by atoms with E-state index in [1.807, 2.05) is 0 Å². The zero-order chi connectivity index (χ0) is 7.49. The fourth-order valence-corrected chi connectivity index (χ4v) is 0.780. The molecule has 3 N–H and O–H groups in total. The summed E-state index contributed by atoms with van der Waals surface area (Å²) in [4.78, 5) is 0. The van der Waals surface area contributed by atoms with Crippen molar-refractivity contribution in [1.29, 1.82) is 0 Å². The highest BCUT2D eigenvalue weighted by molar-refractivity contribution is 7.89. The molecule has 9 heavy (non-hydrogen) atoms. The Morgan fingerprint density at radius 3 is 2.22 bits per heavy atom. The predicted octanol–water partition coefficient (Wildman–Crippen LogP) is -0.954. The number of nitrogens with two attached hydrogens (primary N) is 1. The molecular formula is C4H11NO3S. The molecule has 0 aromatic rings. The smallest absolute Gasteiger partial charge is 0.211 e. The van der Waals surface area contributed by atoms with Crippen molar-refractivity contribution < 1.29 is 13.5 Å². The van der Waals surface area contributed by atoms with Crippen LogP contribution in [-0.2, 0) is 10.0 Å². The second-order valence-electron chi connectivity index (χ2n) is 1.91. The first kappa shape index (κ1) is 8.87. The first-order chi connectivity index (χ1) is 3.98. The second-order valence-corrected chi connectivity index (χ2v) is 3.89. The van der Waals surface area contributed by atoms with Gasteiger partial charge in [0.15, 0.2) is 0 Å². The normalized spacial score (nSPS) is 15.4. The van der Waals surface area contributed by atoms with Gasteiger partial charge in [0.05, 0.1) is 5.25 Å². The van der Waals surface area contributed by atoms with Crippen molar-refractivity contribution in [3.63, 3.8) is 0 Å². The zero-order valence-corrected chi connectivity index (χ0v) is 6.06. The monoisotopic (exact) mass is 153 g/mol. The quantitative estimate of drug-likeness (QED) is 0.548. The summed E-state index contributed by atoms with van der Waals surface area (Å²) in [5, 5.41) is 12.4. The molecule has 0 aliphatic carbocycles. The second kappa shape index (κ2) is 3.14. The number of rotatable bonds is 3. The van der Waals surface area contributed by atoms with Crippen molar-refractivity contribution in [3.8, 4) is 0 Å². The Bertz CT molecular complexity index is 163. The van der Waals surface area contributed by atoms with E-state index < -0.39 is 15.3 Å². The van der Waals surface area contributed by atoms with Gasteiger partial charge < -0.3 is 5.11 Å². The maximum Gasteiger partial charge on any atom is 0.211 e. The standard InChI is InChI=1S/C4H11NO3S/c1-4(2-3-6)9(5,7)8/h4,6H,2-3H2,1H3,(H2,5,7,8)/t4-/m0/s1. The topological polar surface area (TPSA) is 80.4 Å². The number of aliphatic hydroxyl groups is 1. The summed E-state index contributed by atoms with van der Waals surface area (Å²) < 4.78 is 20.8. The molecule has 0 aliphatic heterocycles. The lowest BCUT2D eigenvalue weighted by molar-refractivity contribution is 0.287. The molecule has 56 valence electrons. The Balaban J connectivity index is 3.90. The number of hydrogen-bond donors (Lipinski definition) is 2. The van der Waals surface area contributed by atoms with Gasteiger partial charge in [0, 0.05) is 6.61 Å². The van der Waals surface area contributed by atoms with E-state index in [4.69, 9.17) is 10.2 Å². The Labute approximate surface area is 54.7 Å². The maximum absolute atomic E-state index is 10.4. The van der Waals surface area contributed by atoms with Gasteiger partial charge in [-0.3, -0.25) is 0 Å². The average molecular weight is 153 g/mol. The average Bonchev–Trinajstić information content (AvgIpc) is 1.64. The Morgan fingerprint density at radius 2 is 2.11 bits per heavy atom. The van der Waals surface area contributed by atoms with E-state index in [0.29, 0.717) is 0 Å². The molecule has 0 saturated heterocycles. The van der Waals surface area contributed by atoms with Crippen molar-refractivity contribution in [1.82, 2.24) is 0 Å². The molecule has 0 spiro atoms. The molecule has 0 aliphatic rings. The Morgan fingerprint density at radius 1 is 1.67 bits per heavy atom. The van der Waals surface area contributed by atoms with Gasteiger partial charge in [-0.2, -0.15) is 0 Å². The molecule has 4 nitrogen and oxygen atoms in total. The molecule has 0 aromatic heterocycles. The van der Waals surface area contributed by atoms with Crippen LogP contribution in [0.4, 0.5) is 0 Å². The highest BCUT2D eigenvalue weighted by Crippen LogP contribution is 1.98. The van der Waals surface area contributed by atoms with Crippen LogP contribution in [0.1, 0.15) is 13.3 Å². The van der Waals surface area contributed by atoms with E-state index in [2.05, 4.69) is 0 Å². The minimum Gasteiger partial charge on any atom is -0.396 e. The van der Waals surface area contributed by atoms with Gasteiger partial charge >= 0.3 is 0 Å². The largest absolute Gasteiger partial charge is 0.396 e. The lowest BCUT2D eigenvalue weighted by Crippen LogP contribution is -2.26. The third-order valence-electron chi connectivity index (χ3n) is 1.10. The van der Waals surface area contributed by atoms with Crippen LogP contribution in [0.5, 0.6) is 0 Å². The van der Waals surface area contributed by atoms with Gasteiger partial charge in [-0.15, -0.1) is 0 Å². The van der Waals surface area contributed by atoms with Crippen LogP contribution in [0.25, 0.3) is 0 Å². The molecule has 0 amide bonds. The van der Waals surface area contributed by atoms with Crippen molar-refractivity contribution in [3.05, 3.63) is 0 Å². The van der Waals surface area contributed by atoms with Crippen LogP contribution < -0.4 is 5.14 Å². The van der Waals surface area contributed by atoms with Crippen LogP contribution in [0.3, 0.4) is 0 Å². The van der Waals surface area contributed by atoms with Gasteiger partial charge in [0.25, 0.3) is 0 Å². The van der Waals surface area contributed by atoms with E-state index in [-0.39, 0.29) is 13.0 Å². The van der Waals surface area contributed by atoms with Gasteiger partial charge in [-0.25, -0.2) is 13.6 Å². The van der Waals surface area contributed by atoms with Crippen molar-refractivity contribution in [2.75, 3.05) is 6.61 Å². The van der Waals surface area contributed by atoms with Crippen LogP contribution in [0, 0.1) is 0 Å². The summed E-state index contributed by atoms with van der Waals surface area (Å²) in [6.45, 7) is 1.32. The van der Waals surface area contributed by atoms with Gasteiger partial charge in [0.2, 0.25) is 10.0 Å². The summed E-state index contributed by atoms with van der Waals surface area (Å²) in [5.41, 5.74) is 0. The van der Waals surface area contributed by atoms with E-state index in [9.17, 15) is 8.42 Å². The molecule has 0 fully saturated rings. The molecule has 0 unspecified atom stereocenters. The molecule has 0 aromatic carbocycles. The Kier molecular flexibility index (Phi) is 3.10. The van der Waals surface area contributed by atoms with Gasteiger partial charge in [0.1, 0.15) is 0 Å².